The van der Waals surface area contributed by atoms with Gasteiger partial charge in [-0.1, -0.05) is 5.16 Å². The van der Waals surface area contributed by atoms with E-state index in [4.69, 9.17) is 9.26 Å². The van der Waals surface area contributed by atoms with Crippen LogP contribution in [0.15, 0.2) is 35.1 Å². The molecule has 5 nitrogen and oxygen atoms in total. The van der Waals surface area contributed by atoms with Crippen molar-refractivity contribution in [2.45, 2.75) is 6.54 Å². The topological polar surface area (TPSA) is 60.2 Å². The summed E-state index contributed by atoms with van der Waals surface area (Å²) in [5.74, 6) is 0.760. The molecule has 0 atom stereocenters. The number of aromatic nitrogens is 2. The number of nitrogens with zero attached hydrogens (tertiary/aromatic N) is 2. The fourth-order valence-corrected chi connectivity index (χ4v) is 1.44. The molecule has 0 fully saturated rings. The van der Waals surface area contributed by atoms with Crippen LogP contribution in [0.3, 0.4) is 0 Å². The minimum Gasteiger partial charge on any atom is -0.383 e. The maximum atomic E-state index is 5.26. The highest BCUT2D eigenvalue weighted by molar-refractivity contribution is 5.56. The minimum absolute atomic E-state index is 0.679. The van der Waals surface area contributed by atoms with Crippen molar-refractivity contribution in [1.82, 2.24) is 15.5 Å². The fraction of sp³-hybridized carbons (Fsp3) is 0.333. The van der Waals surface area contributed by atoms with Gasteiger partial charge in [-0.15, -0.1) is 0 Å². The van der Waals surface area contributed by atoms with Gasteiger partial charge in [0.2, 0.25) is 0 Å². The SMILES string of the molecule is COCCNCc1cc(-c2ccncc2)on1. The van der Waals surface area contributed by atoms with Crippen LogP contribution in [-0.4, -0.2) is 30.4 Å². The molecule has 0 aromatic carbocycles. The van der Waals surface area contributed by atoms with Gasteiger partial charge in [0.05, 0.1) is 12.3 Å². The van der Waals surface area contributed by atoms with Gasteiger partial charge >= 0.3 is 0 Å². The largest absolute Gasteiger partial charge is 0.383 e. The van der Waals surface area contributed by atoms with Crippen LogP contribution in [0.25, 0.3) is 11.3 Å². The summed E-state index contributed by atoms with van der Waals surface area (Å²) in [6.45, 7) is 2.17. The normalized spacial score (nSPS) is 10.6. The molecule has 0 saturated carbocycles. The van der Waals surface area contributed by atoms with Gasteiger partial charge in [0.15, 0.2) is 5.76 Å². The molecule has 0 aliphatic heterocycles. The van der Waals surface area contributed by atoms with Crippen molar-refractivity contribution in [3.8, 4) is 11.3 Å². The van der Waals surface area contributed by atoms with Crippen molar-refractivity contribution in [2.24, 2.45) is 0 Å². The summed E-state index contributed by atoms with van der Waals surface area (Å²) in [6.07, 6.45) is 3.46. The van der Waals surface area contributed by atoms with Crippen LogP contribution in [0.5, 0.6) is 0 Å². The number of ether oxygens (including phenoxy) is 1. The van der Waals surface area contributed by atoms with E-state index in [1.165, 1.54) is 0 Å². The Morgan fingerprint density at radius 2 is 2.18 bits per heavy atom. The highest BCUT2D eigenvalue weighted by atomic mass is 16.5. The summed E-state index contributed by atoms with van der Waals surface area (Å²) in [7, 11) is 1.68. The van der Waals surface area contributed by atoms with Crippen LogP contribution < -0.4 is 5.32 Å². The Morgan fingerprint density at radius 1 is 1.35 bits per heavy atom. The number of pyridine rings is 1. The molecule has 0 saturated heterocycles. The van der Waals surface area contributed by atoms with Crippen LogP contribution in [0.2, 0.25) is 0 Å². The molecular weight excluding hydrogens is 218 g/mol. The van der Waals surface area contributed by atoms with E-state index < -0.39 is 0 Å². The molecule has 0 aliphatic carbocycles. The molecule has 5 heteroatoms. The van der Waals surface area contributed by atoms with E-state index in [-0.39, 0.29) is 0 Å². The van der Waals surface area contributed by atoms with Crippen LogP contribution in [-0.2, 0) is 11.3 Å². The first kappa shape index (κ1) is 11.8. The second kappa shape index (κ2) is 6.12. The van der Waals surface area contributed by atoms with Gasteiger partial charge in [-0.25, -0.2) is 0 Å². The molecular formula is C12H15N3O2. The van der Waals surface area contributed by atoms with E-state index in [2.05, 4.69) is 15.5 Å². The third-order valence-electron chi connectivity index (χ3n) is 2.31. The fourth-order valence-electron chi connectivity index (χ4n) is 1.44. The zero-order chi connectivity index (χ0) is 11.9. The Kier molecular flexibility index (Phi) is 4.23. The monoisotopic (exact) mass is 233 g/mol. The summed E-state index contributed by atoms with van der Waals surface area (Å²) < 4.78 is 10.2. The van der Waals surface area contributed by atoms with Crippen molar-refractivity contribution in [3.05, 3.63) is 36.3 Å². The third-order valence-corrected chi connectivity index (χ3v) is 2.31. The summed E-state index contributed by atoms with van der Waals surface area (Å²) in [5.41, 5.74) is 1.86. The molecule has 1 N–H and O–H groups in total. The van der Waals surface area contributed by atoms with E-state index in [1.54, 1.807) is 19.5 Å². The van der Waals surface area contributed by atoms with Crippen LogP contribution in [0.4, 0.5) is 0 Å². The van der Waals surface area contributed by atoms with Crippen LogP contribution >= 0.6 is 0 Å². The first-order chi connectivity index (χ1) is 8.40. The zero-order valence-electron chi connectivity index (χ0n) is 9.72. The summed E-state index contributed by atoms with van der Waals surface area (Å²) in [5, 5.41) is 7.20. The Bertz CT molecular complexity index is 442. The number of methoxy groups -OCH3 is 1. The summed E-state index contributed by atoms with van der Waals surface area (Å²) in [4.78, 5) is 3.96. The number of hydrogen-bond acceptors (Lipinski definition) is 5. The van der Waals surface area contributed by atoms with Gasteiger partial charge in [-0.2, -0.15) is 0 Å². The smallest absolute Gasteiger partial charge is 0.167 e. The number of rotatable bonds is 6. The lowest BCUT2D eigenvalue weighted by atomic mass is 10.2. The molecule has 0 unspecified atom stereocenters. The maximum Gasteiger partial charge on any atom is 0.167 e. The molecule has 17 heavy (non-hydrogen) atoms. The lowest BCUT2D eigenvalue weighted by Gasteiger charge is -1.99. The van der Waals surface area contributed by atoms with Crippen molar-refractivity contribution in [1.29, 1.82) is 0 Å². The summed E-state index contributed by atoms with van der Waals surface area (Å²) >= 11 is 0. The second-order valence-corrected chi connectivity index (χ2v) is 3.59. The molecule has 0 radical (unpaired) electrons. The Labute approximate surface area is 99.8 Å². The van der Waals surface area contributed by atoms with Gasteiger partial charge in [-0.3, -0.25) is 4.98 Å². The van der Waals surface area contributed by atoms with Gasteiger partial charge in [0.25, 0.3) is 0 Å². The molecule has 2 aromatic rings. The Balaban J connectivity index is 1.92. The Hall–Kier alpha value is -1.72. The lowest BCUT2D eigenvalue weighted by molar-refractivity contribution is 0.199. The van der Waals surface area contributed by atoms with Crippen molar-refractivity contribution in [3.63, 3.8) is 0 Å². The molecule has 0 aliphatic rings. The maximum absolute atomic E-state index is 5.26. The van der Waals surface area contributed by atoms with Crippen LogP contribution in [0, 0.1) is 0 Å². The Morgan fingerprint density at radius 3 is 2.94 bits per heavy atom. The molecule has 0 amide bonds. The van der Waals surface area contributed by atoms with Crippen LogP contribution in [0.1, 0.15) is 5.69 Å². The molecule has 90 valence electrons. The first-order valence-electron chi connectivity index (χ1n) is 5.46. The van der Waals surface area contributed by atoms with Gasteiger partial charge in [0, 0.05) is 44.2 Å². The standard InChI is InChI=1S/C12H15N3O2/c1-16-7-6-14-9-11-8-12(17-15-11)10-2-4-13-5-3-10/h2-5,8,14H,6-7,9H2,1H3. The first-order valence-corrected chi connectivity index (χ1v) is 5.46. The van der Waals surface area contributed by atoms with E-state index >= 15 is 0 Å². The predicted molar refractivity (Wildman–Crippen MR) is 63.3 cm³/mol. The van der Waals surface area contributed by atoms with E-state index in [0.717, 1.165) is 23.6 Å². The number of hydrogen-bond donors (Lipinski definition) is 1. The average Bonchev–Trinajstić information content (AvgIpc) is 2.85. The highest BCUT2D eigenvalue weighted by Gasteiger charge is 2.05. The lowest BCUT2D eigenvalue weighted by Crippen LogP contribution is -2.18. The van der Waals surface area contributed by atoms with E-state index in [0.29, 0.717) is 13.2 Å². The van der Waals surface area contributed by atoms with Gasteiger partial charge < -0.3 is 14.6 Å². The predicted octanol–water partition coefficient (Wildman–Crippen LogP) is 1.47. The molecule has 2 aromatic heterocycles. The highest BCUT2D eigenvalue weighted by Crippen LogP contribution is 2.18. The summed E-state index contributed by atoms with van der Waals surface area (Å²) in [6, 6.07) is 5.71. The van der Waals surface area contributed by atoms with Gasteiger partial charge in [0.1, 0.15) is 0 Å². The second-order valence-electron chi connectivity index (χ2n) is 3.59. The molecule has 0 bridgehead atoms. The quantitative estimate of drug-likeness (QED) is 0.766. The molecule has 2 heterocycles. The molecule has 2 rings (SSSR count). The van der Waals surface area contributed by atoms with Gasteiger partial charge in [-0.05, 0) is 12.1 Å². The average molecular weight is 233 g/mol. The van der Waals surface area contributed by atoms with Crippen molar-refractivity contribution >= 4 is 0 Å². The minimum atomic E-state index is 0.679. The molecule has 0 spiro atoms. The van der Waals surface area contributed by atoms with Crippen molar-refractivity contribution in [2.75, 3.05) is 20.3 Å². The van der Waals surface area contributed by atoms with E-state index in [1.807, 2.05) is 18.2 Å². The van der Waals surface area contributed by atoms with Crippen molar-refractivity contribution < 1.29 is 9.26 Å². The van der Waals surface area contributed by atoms with E-state index in [9.17, 15) is 0 Å². The zero-order valence-corrected chi connectivity index (χ0v) is 9.72. The third kappa shape index (κ3) is 3.37. The number of nitrogens with one attached hydrogen (secondary N) is 1.